The third-order valence-corrected chi connectivity index (χ3v) is 5.54. The summed E-state index contributed by atoms with van der Waals surface area (Å²) in [6, 6.07) is 17.8. The molecule has 0 bridgehead atoms. The first-order valence-corrected chi connectivity index (χ1v) is 12.1. The SMILES string of the molecule is NC(CCCN=C(NC(=O)OCc1ccccc1)NC(=O)OCc1ccccc1)C(=O)N1CCCC1. The van der Waals surface area contributed by atoms with Gasteiger partial charge in [-0.3, -0.25) is 20.4 Å². The Bertz CT molecular complexity index is 950. The summed E-state index contributed by atoms with van der Waals surface area (Å²) in [5, 5.41) is 4.88. The maximum Gasteiger partial charge on any atom is 0.414 e. The highest BCUT2D eigenvalue weighted by Crippen LogP contribution is 2.10. The zero-order valence-corrected chi connectivity index (χ0v) is 20.2. The molecule has 0 aromatic heterocycles. The minimum atomic E-state index is -0.776. The molecule has 3 rings (SSSR count). The first-order valence-electron chi connectivity index (χ1n) is 12.1. The molecule has 0 radical (unpaired) electrons. The molecule has 4 N–H and O–H groups in total. The molecule has 1 atom stereocenters. The Kier molecular flexibility index (Phi) is 10.7. The van der Waals surface area contributed by atoms with Crippen LogP contribution in [0, 0.1) is 0 Å². The summed E-state index contributed by atoms with van der Waals surface area (Å²) < 4.78 is 10.4. The highest BCUT2D eigenvalue weighted by atomic mass is 16.6. The second-order valence-electron chi connectivity index (χ2n) is 8.38. The van der Waals surface area contributed by atoms with Gasteiger partial charge >= 0.3 is 12.2 Å². The van der Waals surface area contributed by atoms with Gasteiger partial charge in [-0.2, -0.15) is 0 Å². The average Bonchev–Trinajstić information content (AvgIpc) is 3.44. The Morgan fingerprint density at radius 2 is 1.36 bits per heavy atom. The maximum absolute atomic E-state index is 12.4. The van der Waals surface area contributed by atoms with Gasteiger partial charge in [0.15, 0.2) is 0 Å². The van der Waals surface area contributed by atoms with Crippen LogP contribution in [0.25, 0.3) is 0 Å². The van der Waals surface area contributed by atoms with Crippen LogP contribution in [0.15, 0.2) is 65.7 Å². The number of ether oxygens (including phenoxy) is 2. The second-order valence-corrected chi connectivity index (χ2v) is 8.38. The summed E-state index contributed by atoms with van der Waals surface area (Å²) in [5.74, 6) is -0.160. The number of carbonyl (C=O) groups is 3. The van der Waals surface area contributed by atoms with Crippen LogP contribution in [-0.2, 0) is 27.5 Å². The van der Waals surface area contributed by atoms with Gasteiger partial charge in [-0.15, -0.1) is 0 Å². The molecule has 0 aliphatic carbocycles. The first kappa shape index (κ1) is 26.7. The van der Waals surface area contributed by atoms with Gasteiger partial charge in [0, 0.05) is 19.6 Å². The van der Waals surface area contributed by atoms with Crippen molar-refractivity contribution >= 4 is 24.1 Å². The van der Waals surface area contributed by atoms with E-state index in [9.17, 15) is 14.4 Å². The van der Waals surface area contributed by atoms with E-state index in [0.717, 1.165) is 37.1 Å². The average molecular weight is 496 g/mol. The molecule has 10 nitrogen and oxygen atoms in total. The Labute approximate surface area is 210 Å². The number of rotatable bonds is 9. The number of carbonyl (C=O) groups excluding carboxylic acids is 3. The fourth-order valence-corrected chi connectivity index (χ4v) is 3.62. The van der Waals surface area contributed by atoms with Crippen LogP contribution in [0.3, 0.4) is 0 Å². The lowest BCUT2D eigenvalue weighted by Gasteiger charge is -2.19. The lowest BCUT2D eigenvalue weighted by molar-refractivity contribution is -0.131. The van der Waals surface area contributed by atoms with Crippen molar-refractivity contribution in [1.82, 2.24) is 15.5 Å². The van der Waals surface area contributed by atoms with Crippen molar-refractivity contribution in [3.63, 3.8) is 0 Å². The van der Waals surface area contributed by atoms with Crippen molar-refractivity contribution in [3.05, 3.63) is 71.8 Å². The highest BCUT2D eigenvalue weighted by Gasteiger charge is 2.23. The van der Waals surface area contributed by atoms with Crippen LogP contribution in [0.5, 0.6) is 0 Å². The molecule has 3 amide bonds. The van der Waals surface area contributed by atoms with E-state index in [4.69, 9.17) is 15.2 Å². The van der Waals surface area contributed by atoms with Crippen LogP contribution in [0.1, 0.15) is 36.8 Å². The zero-order chi connectivity index (χ0) is 25.6. The van der Waals surface area contributed by atoms with Crippen LogP contribution in [-0.4, -0.2) is 54.6 Å². The number of nitrogens with one attached hydrogen (secondary N) is 2. The predicted octanol–water partition coefficient (Wildman–Crippen LogP) is 2.93. The van der Waals surface area contributed by atoms with E-state index < -0.39 is 18.2 Å². The van der Waals surface area contributed by atoms with E-state index >= 15 is 0 Å². The molecule has 1 aliphatic rings. The fourth-order valence-electron chi connectivity index (χ4n) is 3.62. The number of nitrogens with two attached hydrogens (primary N) is 1. The number of likely N-dealkylation sites (tertiary alicyclic amines) is 1. The largest absolute Gasteiger partial charge is 0.444 e. The minimum absolute atomic E-state index is 0.0538. The lowest BCUT2D eigenvalue weighted by atomic mass is 10.1. The van der Waals surface area contributed by atoms with E-state index in [1.54, 1.807) is 4.90 Å². The number of benzene rings is 2. The highest BCUT2D eigenvalue weighted by molar-refractivity contribution is 6.01. The molecule has 0 saturated carbocycles. The van der Waals surface area contributed by atoms with Gasteiger partial charge in [-0.05, 0) is 36.8 Å². The number of guanidine groups is 1. The van der Waals surface area contributed by atoms with E-state index in [0.29, 0.717) is 12.8 Å². The monoisotopic (exact) mass is 495 g/mol. The van der Waals surface area contributed by atoms with Crippen LogP contribution < -0.4 is 16.4 Å². The van der Waals surface area contributed by atoms with Crippen molar-refractivity contribution in [2.75, 3.05) is 19.6 Å². The van der Waals surface area contributed by atoms with E-state index in [1.807, 2.05) is 60.7 Å². The van der Waals surface area contributed by atoms with Gasteiger partial charge in [-0.1, -0.05) is 60.7 Å². The molecule has 0 spiro atoms. The van der Waals surface area contributed by atoms with Crippen molar-refractivity contribution in [2.45, 2.75) is 44.9 Å². The maximum atomic E-state index is 12.4. The molecule has 36 heavy (non-hydrogen) atoms. The van der Waals surface area contributed by atoms with Gasteiger partial charge in [0.2, 0.25) is 11.9 Å². The molecule has 1 fully saturated rings. The van der Waals surface area contributed by atoms with Gasteiger partial charge in [-0.25, -0.2) is 9.59 Å². The molecular weight excluding hydrogens is 462 g/mol. The standard InChI is InChI=1S/C26H33N5O5/c27-22(23(32)31-16-7-8-17-31)14-9-15-28-24(29-25(33)35-18-20-10-3-1-4-11-20)30-26(34)36-19-21-12-5-2-6-13-21/h1-6,10-13,22H,7-9,14-19,27H2,(H2,28,29,30,33,34). The van der Waals surface area contributed by atoms with E-state index in [-0.39, 0.29) is 31.6 Å². The summed E-state index contributed by atoms with van der Waals surface area (Å²) >= 11 is 0. The third-order valence-electron chi connectivity index (χ3n) is 5.54. The third kappa shape index (κ3) is 9.38. The van der Waals surface area contributed by atoms with Crippen molar-refractivity contribution in [2.24, 2.45) is 10.7 Å². The van der Waals surface area contributed by atoms with Gasteiger partial charge in [0.25, 0.3) is 0 Å². The quantitative estimate of drug-likeness (QED) is 0.278. The molecule has 10 heteroatoms. The van der Waals surface area contributed by atoms with E-state index in [2.05, 4.69) is 15.6 Å². The Hall–Kier alpha value is -3.92. The number of nitrogens with zero attached hydrogens (tertiary/aromatic N) is 2. The topological polar surface area (TPSA) is 135 Å². The molecule has 1 aliphatic heterocycles. The van der Waals surface area contributed by atoms with Crippen LogP contribution in [0.4, 0.5) is 9.59 Å². The smallest absolute Gasteiger partial charge is 0.414 e. The molecule has 2 aromatic carbocycles. The molecule has 192 valence electrons. The Morgan fingerprint density at radius 3 is 1.86 bits per heavy atom. The van der Waals surface area contributed by atoms with Gasteiger partial charge in [0.1, 0.15) is 13.2 Å². The summed E-state index contributed by atoms with van der Waals surface area (Å²) in [4.78, 5) is 43.0. The van der Waals surface area contributed by atoms with Gasteiger partial charge < -0.3 is 20.1 Å². The molecule has 1 heterocycles. The molecule has 1 saturated heterocycles. The van der Waals surface area contributed by atoms with Gasteiger partial charge in [0.05, 0.1) is 6.04 Å². The molecular formula is C26H33N5O5. The number of alkyl carbamates (subject to hydrolysis) is 2. The predicted molar refractivity (Wildman–Crippen MR) is 135 cm³/mol. The van der Waals surface area contributed by atoms with Crippen molar-refractivity contribution < 1.29 is 23.9 Å². The lowest BCUT2D eigenvalue weighted by Crippen LogP contribution is -2.44. The van der Waals surface area contributed by atoms with Crippen molar-refractivity contribution in [1.29, 1.82) is 0 Å². The molecule has 2 aromatic rings. The normalized spacial score (nSPS) is 13.4. The summed E-state index contributed by atoms with van der Waals surface area (Å²) in [7, 11) is 0. The van der Waals surface area contributed by atoms with Crippen LogP contribution in [0.2, 0.25) is 0 Å². The number of amides is 3. The second kappa shape index (κ2) is 14.5. The number of hydrogen-bond donors (Lipinski definition) is 3. The fraction of sp³-hybridized carbons (Fsp3) is 0.385. The Balaban J connectivity index is 1.50. The number of aliphatic imine (C=N–C) groups is 1. The molecule has 1 unspecified atom stereocenters. The zero-order valence-electron chi connectivity index (χ0n) is 20.2. The first-order chi connectivity index (χ1) is 17.5. The Morgan fingerprint density at radius 1 is 0.861 bits per heavy atom. The summed E-state index contributed by atoms with van der Waals surface area (Å²) in [6.07, 6.45) is 1.38. The number of hydrogen-bond acceptors (Lipinski definition) is 7. The van der Waals surface area contributed by atoms with E-state index in [1.165, 1.54) is 0 Å². The van der Waals surface area contributed by atoms with Crippen LogP contribution >= 0.6 is 0 Å². The summed E-state index contributed by atoms with van der Waals surface area (Å²) in [5.41, 5.74) is 7.68. The summed E-state index contributed by atoms with van der Waals surface area (Å²) in [6.45, 7) is 1.85. The minimum Gasteiger partial charge on any atom is -0.444 e. The van der Waals surface area contributed by atoms with Crippen molar-refractivity contribution in [3.8, 4) is 0 Å².